The van der Waals surface area contributed by atoms with Gasteiger partial charge in [0.25, 0.3) is 0 Å². The van der Waals surface area contributed by atoms with Crippen molar-refractivity contribution in [2.75, 3.05) is 0 Å². The van der Waals surface area contributed by atoms with E-state index in [-0.39, 0.29) is 15.1 Å². The van der Waals surface area contributed by atoms with Gasteiger partial charge in [-0.15, -0.1) is 24.8 Å². The first kappa shape index (κ1) is 14.2. The molecule has 0 saturated heterocycles. The molecule has 0 aliphatic carbocycles. The zero-order chi connectivity index (χ0) is 13.2. The predicted octanol–water partition coefficient (Wildman–Crippen LogP) is 3.23. The number of aromatic nitrogens is 1. The highest BCUT2D eigenvalue weighted by Gasteiger charge is 2.34. The number of pyridine rings is 1. The molecule has 0 atom stereocenters. The van der Waals surface area contributed by atoms with E-state index < -0.39 is 22.9 Å². The first-order valence-electron chi connectivity index (χ1n) is 3.90. The Morgan fingerprint density at radius 1 is 1.59 bits per heavy atom. The minimum absolute atomic E-state index is 0.00829. The van der Waals surface area contributed by atoms with Crippen molar-refractivity contribution in [2.45, 2.75) is 12.2 Å². The standard InChI is InChI=1S/C7H3ClF3IN2O3/c8-2-3-4(17-7(9,10)11)1-5(14(15)16)13-6(3)12/h1H,2H2. The lowest BCUT2D eigenvalue weighted by molar-refractivity contribution is -0.389. The molecule has 1 rings (SSSR count). The number of nitro groups is 1. The van der Waals surface area contributed by atoms with Crippen LogP contribution in [0.3, 0.4) is 0 Å². The summed E-state index contributed by atoms with van der Waals surface area (Å²) >= 11 is 6.99. The van der Waals surface area contributed by atoms with E-state index in [1.54, 1.807) is 22.6 Å². The average Bonchev–Trinajstić information content (AvgIpc) is 2.14. The van der Waals surface area contributed by atoms with Crippen LogP contribution in [-0.2, 0) is 5.88 Å². The number of alkyl halides is 4. The molecule has 5 nitrogen and oxygen atoms in total. The summed E-state index contributed by atoms with van der Waals surface area (Å²) in [6.45, 7) is 0. The van der Waals surface area contributed by atoms with Crippen molar-refractivity contribution < 1.29 is 22.8 Å². The van der Waals surface area contributed by atoms with Crippen molar-refractivity contribution in [3.05, 3.63) is 25.4 Å². The van der Waals surface area contributed by atoms with Gasteiger partial charge in [0.2, 0.25) is 3.70 Å². The zero-order valence-corrected chi connectivity index (χ0v) is 10.7. The van der Waals surface area contributed by atoms with E-state index in [0.29, 0.717) is 6.07 Å². The summed E-state index contributed by atoms with van der Waals surface area (Å²) in [5, 5.41) is 10.4. The Hall–Kier alpha value is -0.840. The third-order valence-electron chi connectivity index (χ3n) is 1.57. The monoisotopic (exact) mass is 382 g/mol. The van der Waals surface area contributed by atoms with E-state index in [4.69, 9.17) is 11.6 Å². The first-order valence-corrected chi connectivity index (χ1v) is 5.51. The van der Waals surface area contributed by atoms with Gasteiger partial charge in [-0.1, -0.05) is 0 Å². The number of hydrogen-bond acceptors (Lipinski definition) is 4. The first-order chi connectivity index (χ1) is 7.74. The van der Waals surface area contributed by atoms with Crippen LogP contribution in [0.25, 0.3) is 0 Å². The summed E-state index contributed by atoms with van der Waals surface area (Å²) in [7, 11) is 0. The summed E-state index contributed by atoms with van der Waals surface area (Å²) in [5.41, 5.74) is -0.0461. The van der Waals surface area contributed by atoms with Crippen molar-refractivity contribution in [3.8, 4) is 5.75 Å². The van der Waals surface area contributed by atoms with Crippen LogP contribution >= 0.6 is 34.2 Å². The topological polar surface area (TPSA) is 65.3 Å². The second-order valence-electron chi connectivity index (χ2n) is 2.69. The van der Waals surface area contributed by atoms with Crippen molar-refractivity contribution in [2.24, 2.45) is 0 Å². The van der Waals surface area contributed by atoms with Gasteiger partial charge in [0.1, 0.15) is 5.75 Å². The molecule has 0 spiro atoms. The Balaban J connectivity index is 3.29. The molecule has 0 N–H and O–H groups in total. The Bertz CT molecular complexity index is 455. The van der Waals surface area contributed by atoms with Crippen LogP contribution in [0.5, 0.6) is 5.75 Å². The third kappa shape index (κ3) is 3.84. The SMILES string of the molecule is O=[N+]([O-])c1cc(OC(F)(F)F)c(CCl)c(I)n1. The van der Waals surface area contributed by atoms with Gasteiger partial charge >= 0.3 is 12.2 Å². The molecule has 0 unspecified atom stereocenters. The highest BCUT2D eigenvalue weighted by Crippen LogP contribution is 2.32. The molecule has 94 valence electrons. The van der Waals surface area contributed by atoms with E-state index in [2.05, 4.69) is 9.72 Å². The fourth-order valence-corrected chi connectivity index (χ4v) is 2.12. The minimum atomic E-state index is -4.95. The number of nitrogens with zero attached hydrogens (tertiary/aromatic N) is 2. The van der Waals surface area contributed by atoms with Crippen LogP contribution in [0, 0.1) is 13.8 Å². The second kappa shape index (κ2) is 5.21. The molecule has 0 amide bonds. The van der Waals surface area contributed by atoms with E-state index in [1.807, 2.05) is 0 Å². The molecule has 0 aromatic carbocycles. The van der Waals surface area contributed by atoms with Crippen molar-refractivity contribution in [1.29, 1.82) is 0 Å². The van der Waals surface area contributed by atoms with Gasteiger partial charge in [-0.2, -0.15) is 0 Å². The largest absolute Gasteiger partial charge is 0.573 e. The van der Waals surface area contributed by atoms with Gasteiger partial charge in [0, 0.05) is 22.6 Å². The lowest BCUT2D eigenvalue weighted by Gasteiger charge is -2.11. The van der Waals surface area contributed by atoms with Gasteiger partial charge < -0.3 is 14.9 Å². The molecule has 10 heteroatoms. The van der Waals surface area contributed by atoms with Crippen LogP contribution in [0.15, 0.2) is 6.07 Å². The fraction of sp³-hybridized carbons (Fsp3) is 0.286. The molecule has 0 aliphatic heterocycles. The molecule has 1 aromatic heterocycles. The van der Waals surface area contributed by atoms with Gasteiger partial charge in [-0.05, 0) is 9.91 Å². The molecule has 0 radical (unpaired) electrons. The highest BCUT2D eigenvalue weighted by molar-refractivity contribution is 14.1. The minimum Gasteiger partial charge on any atom is -0.405 e. The van der Waals surface area contributed by atoms with Crippen LogP contribution in [-0.4, -0.2) is 16.3 Å². The molecular weight excluding hydrogens is 379 g/mol. The van der Waals surface area contributed by atoms with Crippen molar-refractivity contribution >= 4 is 40.0 Å². The maximum absolute atomic E-state index is 12.1. The normalized spacial score (nSPS) is 11.4. The molecule has 0 aliphatic rings. The maximum atomic E-state index is 12.1. The second-order valence-corrected chi connectivity index (χ2v) is 3.98. The third-order valence-corrected chi connectivity index (χ3v) is 2.73. The van der Waals surface area contributed by atoms with E-state index >= 15 is 0 Å². The maximum Gasteiger partial charge on any atom is 0.573 e. The molecule has 1 aromatic rings. The molecular formula is C7H3ClF3IN2O3. The Morgan fingerprint density at radius 2 is 2.18 bits per heavy atom. The summed E-state index contributed by atoms with van der Waals surface area (Å²) in [4.78, 5) is 13.0. The zero-order valence-electron chi connectivity index (χ0n) is 7.79. The Kier molecular flexibility index (Phi) is 4.36. The van der Waals surface area contributed by atoms with Gasteiger partial charge in [-0.3, -0.25) is 0 Å². The van der Waals surface area contributed by atoms with Crippen LogP contribution < -0.4 is 4.74 Å². The molecule has 0 saturated carbocycles. The molecule has 1 heterocycles. The lowest BCUT2D eigenvalue weighted by atomic mass is 10.3. The number of rotatable bonds is 3. The highest BCUT2D eigenvalue weighted by atomic mass is 127. The summed E-state index contributed by atoms with van der Waals surface area (Å²) in [6.07, 6.45) is -4.95. The van der Waals surface area contributed by atoms with Crippen LogP contribution in [0.1, 0.15) is 5.56 Å². The molecule has 0 fully saturated rings. The van der Waals surface area contributed by atoms with Gasteiger partial charge in [-0.25, -0.2) is 0 Å². The van der Waals surface area contributed by atoms with Gasteiger partial charge in [0.05, 0.1) is 17.5 Å². The average molecular weight is 382 g/mol. The Morgan fingerprint density at radius 3 is 2.59 bits per heavy atom. The number of hydrogen-bond donors (Lipinski definition) is 0. The van der Waals surface area contributed by atoms with Crippen LogP contribution in [0.2, 0.25) is 0 Å². The Labute approximate surface area is 111 Å². The lowest BCUT2D eigenvalue weighted by Crippen LogP contribution is -2.18. The van der Waals surface area contributed by atoms with Crippen molar-refractivity contribution in [3.63, 3.8) is 0 Å². The summed E-state index contributed by atoms with van der Waals surface area (Å²) in [5.74, 6) is -1.74. The van der Waals surface area contributed by atoms with Gasteiger partial charge in [0.15, 0.2) is 0 Å². The summed E-state index contributed by atoms with van der Waals surface area (Å²) in [6, 6.07) is 0.591. The molecule has 0 bridgehead atoms. The van der Waals surface area contributed by atoms with Crippen LogP contribution in [0.4, 0.5) is 19.0 Å². The summed E-state index contributed by atoms with van der Waals surface area (Å²) < 4.78 is 39.8. The quantitative estimate of drug-likeness (QED) is 0.265. The van der Waals surface area contributed by atoms with Crippen molar-refractivity contribution in [1.82, 2.24) is 4.98 Å². The smallest absolute Gasteiger partial charge is 0.405 e. The van der Waals surface area contributed by atoms with E-state index in [1.165, 1.54) is 0 Å². The molecule has 17 heavy (non-hydrogen) atoms. The van der Waals surface area contributed by atoms with E-state index in [0.717, 1.165) is 0 Å². The fourth-order valence-electron chi connectivity index (χ4n) is 0.937. The number of halogens is 5. The predicted molar refractivity (Wildman–Crippen MR) is 59.8 cm³/mol. The number of ether oxygens (including phenoxy) is 1. The van der Waals surface area contributed by atoms with E-state index in [9.17, 15) is 23.3 Å².